The van der Waals surface area contributed by atoms with Crippen LogP contribution in [0.2, 0.25) is 0 Å². The Morgan fingerprint density at radius 2 is 1.81 bits per heavy atom. The summed E-state index contributed by atoms with van der Waals surface area (Å²) in [6.45, 7) is 6.71. The predicted molar refractivity (Wildman–Crippen MR) is 164 cm³/mol. The van der Waals surface area contributed by atoms with Gasteiger partial charge in [0.25, 0.3) is 0 Å². The number of benzene rings is 1. The van der Waals surface area contributed by atoms with Crippen LogP contribution < -0.4 is 9.47 Å². The Bertz CT molecular complexity index is 1390. The lowest BCUT2D eigenvalue weighted by molar-refractivity contribution is -0.132. The van der Waals surface area contributed by atoms with E-state index in [1.54, 1.807) is 30.5 Å². The highest BCUT2D eigenvalue weighted by atomic mass is 32.2. The smallest absolute Gasteiger partial charge is 0.238 e. The second kappa shape index (κ2) is 13.0. The molecular weight excluding hydrogens is 576 g/mol. The van der Waals surface area contributed by atoms with Crippen molar-refractivity contribution < 1.29 is 32.2 Å². The van der Waals surface area contributed by atoms with Crippen LogP contribution in [0.25, 0.3) is 0 Å². The molecule has 2 unspecified atom stereocenters. The van der Waals surface area contributed by atoms with Gasteiger partial charge in [-0.05, 0) is 67.3 Å². The standard InChI is InChI=1S/C31H44N2O7S2/c1-22-7-9-25(41-22)19-32(14-12-23-8-10-26(39-5)27(17-23)40-6)29(35)20-33(15-16-38-4)42(36,37)21-31-13-11-24(18-28(31)34)30(31,2)3/h7-10,17,24H,11-16,18-21H2,1-6H3. The van der Waals surface area contributed by atoms with Gasteiger partial charge < -0.3 is 19.1 Å². The highest BCUT2D eigenvalue weighted by Gasteiger charge is 2.65. The van der Waals surface area contributed by atoms with Crippen molar-refractivity contribution in [2.45, 2.75) is 53.0 Å². The molecule has 4 rings (SSSR count). The molecule has 0 saturated heterocycles. The van der Waals surface area contributed by atoms with Crippen molar-refractivity contribution >= 4 is 33.1 Å². The van der Waals surface area contributed by atoms with Crippen LogP contribution in [0.15, 0.2) is 30.3 Å². The van der Waals surface area contributed by atoms with Crippen LogP contribution in [0.3, 0.4) is 0 Å². The van der Waals surface area contributed by atoms with Crippen molar-refractivity contribution in [3.8, 4) is 11.5 Å². The van der Waals surface area contributed by atoms with Gasteiger partial charge in [-0.15, -0.1) is 11.3 Å². The van der Waals surface area contributed by atoms with Gasteiger partial charge in [0.2, 0.25) is 15.9 Å². The molecule has 2 bridgehead atoms. The molecular formula is C31H44N2O7S2. The Hall–Kier alpha value is -2.47. The second-order valence-corrected chi connectivity index (χ2v) is 15.4. The average Bonchev–Trinajstić information content (AvgIpc) is 3.53. The van der Waals surface area contributed by atoms with Gasteiger partial charge in [0.05, 0.1) is 39.7 Å². The lowest BCUT2D eigenvalue weighted by atomic mass is 9.70. The minimum atomic E-state index is -3.95. The summed E-state index contributed by atoms with van der Waals surface area (Å²) in [4.78, 5) is 30.9. The maximum Gasteiger partial charge on any atom is 0.238 e. The Balaban J connectivity index is 1.55. The molecule has 2 aliphatic carbocycles. The number of hydrogen-bond donors (Lipinski definition) is 0. The van der Waals surface area contributed by atoms with Crippen molar-refractivity contribution in [3.63, 3.8) is 0 Å². The maximum absolute atomic E-state index is 14.0. The van der Waals surface area contributed by atoms with E-state index in [-0.39, 0.29) is 43.1 Å². The number of thiophene rings is 1. The molecule has 1 heterocycles. The lowest BCUT2D eigenvalue weighted by Crippen LogP contribution is -2.50. The molecule has 1 aromatic carbocycles. The summed E-state index contributed by atoms with van der Waals surface area (Å²) in [5.74, 6) is 0.913. The molecule has 42 heavy (non-hydrogen) atoms. The number of rotatable bonds is 15. The Labute approximate surface area is 254 Å². The molecule has 1 amide bonds. The summed E-state index contributed by atoms with van der Waals surface area (Å²) >= 11 is 1.61. The number of amides is 1. The SMILES string of the molecule is COCCN(CC(=O)N(CCc1ccc(OC)c(OC)c1)Cc1ccc(C)s1)S(=O)(=O)CC12CCC(CC1=O)C2(C)C. The van der Waals surface area contributed by atoms with E-state index in [9.17, 15) is 18.0 Å². The van der Waals surface area contributed by atoms with Gasteiger partial charge in [-0.2, -0.15) is 4.31 Å². The number of aryl methyl sites for hydroxylation is 1. The fraction of sp³-hybridized carbons (Fsp3) is 0.613. The van der Waals surface area contributed by atoms with Gasteiger partial charge in [0, 0.05) is 41.8 Å². The fourth-order valence-electron chi connectivity index (χ4n) is 6.62. The third kappa shape index (κ3) is 6.54. The summed E-state index contributed by atoms with van der Waals surface area (Å²) < 4.78 is 45.2. The average molecular weight is 621 g/mol. The van der Waals surface area contributed by atoms with Crippen LogP contribution in [0.5, 0.6) is 11.5 Å². The molecule has 2 atom stereocenters. The molecule has 2 aromatic rings. The second-order valence-electron chi connectivity index (χ2n) is 12.0. The molecule has 11 heteroatoms. The number of ketones is 1. The van der Waals surface area contributed by atoms with Gasteiger partial charge in [-0.25, -0.2) is 8.42 Å². The first-order valence-electron chi connectivity index (χ1n) is 14.4. The van der Waals surface area contributed by atoms with E-state index in [1.165, 1.54) is 11.4 Å². The van der Waals surface area contributed by atoms with Crippen LogP contribution in [0.4, 0.5) is 0 Å². The first-order valence-corrected chi connectivity index (χ1v) is 16.8. The molecule has 0 aliphatic heterocycles. The normalized spacial score (nSPS) is 21.2. The number of fused-ring (bicyclic) bond motifs is 2. The van der Waals surface area contributed by atoms with E-state index in [2.05, 4.69) is 0 Å². The minimum absolute atomic E-state index is 0.0370. The van der Waals surface area contributed by atoms with E-state index in [4.69, 9.17) is 14.2 Å². The Morgan fingerprint density at radius 3 is 2.38 bits per heavy atom. The topological polar surface area (TPSA) is 102 Å². The van der Waals surface area contributed by atoms with Crippen LogP contribution in [0.1, 0.15) is 48.4 Å². The zero-order valence-electron chi connectivity index (χ0n) is 25.6. The van der Waals surface area contributed by atoms with Crippen LogP contribution in [-0.4, -0.2) is 82.6 Å². The minimum Gasteiger partial charge on any atom is -0.493 e. The van der Waals surface area contributed by atoms with Gasteiger partial charge in [0.1, 0.15) is 5.78 Å². The van der Waals surface area contributed by atoms with Gasteiger partial charge in [-0.3, -0.25) is 9.59 Å². The molecule has 0 radical (unpaired) electrons. The number of Topliss-reactive ketones (excluding diaryl/α,β-unsaturated/α-hetero) is 1. The van der Waals surface area contributed by atoms with E-state index < -0.39 is 20.9 Å². The number of ether oxygens (including phenoxy) is 3. The van der Waals surface area contributed by atoms with E-state index in [0.717, 1.165) is 21.7 Å². The van der Waals surface area contributed by atoms with Crippen LogP contribution in [0, 0.1) is 23.7 Å². The molecule has 2 saturated carbocycles. The van der Waals surface area contributed by atoms with Crippen LogP contribution in [-0.2, 0) is 37.3 Å². The number of carbonyl (C=O) groups excluding carboxylic acids is 2. The predicted octanol–water partition coefficient (Wildman–Crippen LogP) is 4.32. The maximum atomic E-state index is 14.0. The Morgan fingerprint density at radius 1 is 1.07 bits per heavy atom. The summed E-state index contributed by atoms with van der Waals surface area (Å²) in [5, 5.41) is 0. The van der Waals surface area contributed by atoms with Crippen molar-refractivity contribution in [1.82, 2.24) is 9.21 Å². The lowest BCUT2D eigenvalue weighted by Gasteiger charge is -2.37. The first kappa shape index (κ1) is 32.4. The molecule has 0 spiro atoms. The summed E-state index contributed by atoms with van der Waals surface area (Å²) in [6, 6.07) is 9.67. The largest absolute Gasteiger partial charge is 0.493 e. The molecule has 2 fully saturated rings. The Kier molecular flexibility index (Phi) is 10.1. The molecule has 2 aliphatic rings. The zero-order chi connectivity index (χ0) is 30.7. The number of nitrogens with zero attached hydrogens (tertiary/aromatic N) is 2. The van der Waals surface area contributed by atoms with E-state index in [1.807, 2.05) is 51.1 Å². The zero-order valence-corrected chi connectivity index (χ0v) is 27.2. The molecule has 232 valence electrons. The third-order valence-corrected chi connectivity index (χ3v) is 12.4. The highest BCUT2D eigenvalue weighted by Crippen LogP contribution is 2.64. The van der Waals surface area contributed by atoms with Crippen molar-refractivity contribution in [2.24, 2.45) is 16.7 Å². The van der Waals surface area contributed by atoms with Gasteiger partial charge >= 0.3 is 0 Å². The highest BCUT2D eigenvalue weighted by molar-refractivity contribution is 7.89. The van der Waals surface area contributed by atoms with Crippen LogP contribution >= 0.6 is 11.3 Å². The first-order chi connectivity index (χ1) is 19.9. The van der Waals surface area contributed by atoms with E-state index >= 15 is 0 Å². The number of sulfonamides is 1. The monoisotopic (exact) mass is 620 g/mol. The summed E-state index contributed by atoms with van der Waals surface area (Å²) in [7, 11) is 0.718. The summed E-state index contributed by atoms with van der Waals surface area (Å²) in [6.07, 6.45) is 2.41. The van der Waals surface area contributed by atoms with E-state index in [0.29, 0.717) is 43.9 Å². The van der Waals surface area contributed by atoms with Gasteiger partial charge in [-0.1, -0.05) is 19.9 Å². The van der Waals surface area contributed by atoms with Crippen molar-refractivity contribution in [3.05, 3.63) is 45.6 Å². The van der Waals surface area contributed by atoms with Gasteiger partial charge in [0.15, 0.2) is 11.5 Å². The molecule has 1 aromatic heterocycles. The summed E-state index contributed by atoms with van der Waals surface area (Å²) in [5.41, 5.74) is -0.336. The quantitative estimate of drug-likeness (QED) is 0.292. The number of carbonyl (C=O) groups is 2. The molecule has 0 N–H and O–H groups in total. The van der Waals surface area contributed by atoms with Crippen molar-refractivity contribution in [1.29, 1.82) is 0 Å². The van der Waals surface area contributed by atoms with Crippen molar-refractivity contribution in [2.75, 3.05) is 53.3 Å². The molecule has 9 nitrogen and oxygen atoms in total. The number of hydrogen-bond acceptors (Lipinski definition) is 8. The number of methoxy groups -OCH3 is 3. The third-order valence-electron chi connectivity index (χ3n) is 9.43. The fourth-order valence-corrected chi connectivity index (χ4v) is 9.67.